The Morgan fingerprint density at radius 3 is 2.15 bits per heavy atom. The highest BCUT2D eigenvalue weighted by atomic mass is 16.2. The van der Waals surface area contributed by atoms with E-state index >= 15 is 0 Å². The maximum absolute atomic E-state index is 8.82. The van der Waals surface area contributed by atoms with Gasteiger partial charge in [0.25, 0.3) is 0 Å². The Morgan fingerprint density at radius 2 is 1.55 bits per heavy atom. The van der Waals surface area contributed by atoms with E-state index in [9.17, 15) is 0 Å². The van der Waals surface area contributed by atoms with Gasteiger partial charge in [0.15, 0.2) is 0 Å². The Balaban J connectivity index is 1.53. The monoisotopic (exact) mass is 279 g/mol. The molecule has 4 rings (SSSR count). The van der Waals surface area contributed by atoms with E-state index in [1.165, 1.54) is 64.3 Å². The summed E-state index contributed by atoms with van der Waals surface area (Å²) in [4.78, 5) is 0. The topological polar surface area (TPSA) is 32.3 Å². The molecule has 0 unspecified atom stereocenters. The van der Waals surface area contributed by atoms with Crippen molar-refractivity contribution in [3.63, 3.8) is 0 Å². The van der Waals surface area contributed by atoms with Crippen LogP contribution in [0.5, 0.6) is 0 Å². The SMILES string of the molecule is C[C@]12C[C@@H]3C[C@](C)(C1)C[C@](NCCCCCCO)(C3)C2. The Bertz CT molecular complexity index is 335. The molecule has 0 aromatic carbocycles. The quantitative estimate of drug-likeness (QED) is 0.693. The van der Waals surface area contributed by atoms with Gasteiger partial charge < -0.3 is 10.4 Å². The Morgan fingerprint density at radius 1 is 0.900 bits per heavy atom. The summed E-state index contributed by atoms with van der Waals surface area (Å²) in [7, 11) is 0. The Kier molecular flexibility index (Phi) is 3.92. The fourth-order valence-corrected chi connectivity index (χ4v) is 6.59. The fraction of sp³-hybridized carbons (Fsp3) is 1.00. The second-order valence-electron chi connectivity index (χ2n) is 8.97. The molecule has 0 aromatic heterocycles. The zero-order valence-electron chi connectivity index (χ0n) is 13.5. The van der Waals surface area contributed by atoms with Crippen molar-refractivity contribution in [2.45, 2.75) is 83.6 Å². The van der Waals surface area contributed by atoms with E-state index < -0.39 is 0 Å². The number of nitrogens with one attached hydrogen (secondary N) is 1. The first-order valence-corrected chi connectivity index (χ1v) is 8.83. The number of rotatable bonds is 7. The predicted octanol–water partition coefficient (Wildman–Crippen LogP) is 3.88. The molecule has 0 aliphatic heterocycles. The molecule has 4 aliphatic carbocycles. The second-order valence-corrected chi connectivity index (χ2v) is 8.97. The molecule has 0 aromatic rings. The molecule has 4 saturated carbocycles. The van der Waals surface area contributed by atoms with Crippen LogP contribution in [0.1, 0.15) is 78.1 Å². The highest BCUT2D eigenvalue weighted by Crippen LogP contribution is 2.66. The molecule has 4 bridgehead atoms. The average Bonchev–Trinajstić information content (AvgIpc) is 2.29. The van der Waals surface area contributed by atoms with Gasteiger partial charge in [-0.15, -0.1) is 0 Å². The van der Waals surface area contributed by atoms with E-state index in [1.807, 2.05) is 0 Å². The van der Waals surface area contributed by atoms with Gasteiger partial charge in [-0.05, 0) is 74.7 Å². The van der Waals surface area contributed by atoms with Crippen molar-refractivity contribution >= 4 is 0 Å². The minimum absolute atomic E-state index is 0.357. The summed E-state index contributed by atoms with van der Waals surface area (Å²) in [5.74, 6) is 0.989. The largest absolute Gasteiger partial charge is 0.396 e. The number of aliphatic hydroxyl groups is 1. The van der Waals surface area contributed by atoms with Crippen LogP contribution in [0.15, 0.2) is 0 Å². The molecule has 4 fully saturated rings. The molecule has 0 spiro atoms. The maximum atomic E-state index is 8.82. The molecular formula is C18H33NO. The minimum Gasteiger partial charge on any atom is -0.396 e. The number of hydrogen-bond acceptors (Lipinski definition) is 2. The van der Waals surface area contributed by atoms with Crippen molar-refractivity contribution in [1.29, 1.82) is 0 Å². The van der Waals surface area contributed by atoms with Gasteiger partial charge in [-0.1, -0.05) is 26.7 Å². The summed E-state index contributed by atoms with van der Waals surface area (Å²) in [6.45, 7) is 6.64. The van der Waals surface area contributed by atoms with E-state index in [0.717, 1.165) is 12.3 Å². The van der Waals surface area contributed by atoms with Crippen LogP contribution >= 0.6 is 0 Å². The van der Waals surface area contributed by atoms with Crippen LogP contribution in [-0.4, -0.2) is 23.8 Å². The minimum atomic E-state index is 0.357. The molecule has 0 heterocycles. The molecule has 20 heavy (non-hydrogen) atoms. The van der Waals surface area contributed by atoms with Crippen LogP contribution in [0.2, 0.25) is 0 Å². The molecule has 0 amide bonds. The molecule has 0 saturated heterocycles. The summed E-state index contributed by atoms with van der Waals surface area (Å²) in [6, 6.07) is 0. The van der Waals surface area contributed by atoms with Crippen LogP contribution in [0, 0.1) is 16.7 Å². The zero-order valence-corrected chi connectivity index (χ0v) is 13.5. The summed E-state index contributed by atoms with van der Waals surface area (Å²) in [6.07, 6.45) is 13.4. The zero-order chi connectivity index (χ0) is 14.3. The Labute approximate surface area is 124 Å². The normalized spacial score (nSPS) is 46.0. The lowest BCUT2D eigenvalue weighted by molar-refractivity contribution is -0.117. The molecule has 2 N–H and O–H groups in total. The smallest absolute Gasteiger partial charge is 0.0431 e. The van der Waals surface area contributed by atoms with Gasteiger partial charge >= 0.3 is 0 Å². The molecule has 116 valence electrons. The van der Waals surface area contributed by atoms with Crippen LogP contribution in [0.3, 0.4) is 0 Å². The van der Waals surface area contributed by atoms with Gasteiger partial charge in [0.1, 0.15) is 0 Å². The average molecular weight is 279 g/mol. The highest BCUT2D eigenvalue weighted by molar-refractivity contribution is 5.14. The first kappa shape index (κ1) is 14.8. The Hall–Kier alpha value is -0.0800. The third kappa shape index (κ3) is 2.92. The van der Waals surface area contributed by atoms with E-state index in [0.29, 0.717) is 23.0 Å². The second kappa shape index (κ2) is 5.28. The van der Waals surface area contributed by atoms with Crippen molar-refractivity contribution in [2.24, 2.45) is 16.7 Å². The fourth-order valence-electron chi connectivity index (χ4n) is 6.59. The van der Waals surface area contributed by atoms with Gasteiger partial charge in [-0.25, -0.2) is 0 Å². The summed E-state index contributed by atoms with van der Waals surface area (Å²) >= 11 is 0. The number of aliphatic hydroxyl groups excluding tert-OH is 1. The summed E-state index contributed by atoms with van der Waals surface area (Å²) < 4.78 is 0. The number of unbranched alkanes of at least 4 members (excludes halogenated alkanes) is 3. The van der Waals surface area contributed by atoms with Crippen molar-refractivity contribution in [3.8, 4) is 0 Å². The van der Waals surface area contributed by atoms with Gasteiger partial charge in [-0.3, -0.25) is 0 Å². The van der Waals surface area contributed by atoms with Crippen LogP contribution in [0.4, 0.5) is 0 Å². The van der Waals surface area contributed by atoms with E-state index in [4.69, 9.17) is 5.11 Å². The first-order valence-electron chi connectivity index (χ1n) is 8.83. The van der Waals surface area contributed by atoms with Crippen LogP contribution in [0.25, 0.3) is 0 Å². The highest BCUT2D eigenvalue weighted by Gasteiger charge is 2.59. The summed E-state index contributed by atoms with van der Waals surface area (Å²) in [5, 5.41) is 12.8. The van der Waals surface area contributed by atoms with E-state index in [2.05, 4.69) is 19.2 Å². The predicted molar refractivity (Wildman–Crippen MR) is 83.7 cm³/mol. The molecule has 0 radical (unpaired) electrons. The number of hydrogen-bond donors (Lipinski definition) is 2. The molecular weight excluding hydrogens is 246 g/mol. The van der Waals surface area contributed by atoms with Gasteiger partial charge in [0.2, 0.25) is 0 Å². The van der Waals surface area contributed by atoms with E-state index in [-0.39, 0.29) is 0 Å². The molecule has 4 aliphatic rings. The third-order valence-corrected chi connectivity index (χ3v) is 6.21. The van der Waals surface area contributed by atoms with Gasteiger partial charge in [0, 0.05) is 12.1 Å². The maximum Gasteiger partial charge on any atom is 0.0431 e. The first-order chi connectivity index (χ1) is 9.47. The lowest BCUT2D eigenvalue weighted by Gasteiger charge is -2.65. The standard InChI is InChI=1S/C18H33NO/c1-16-9-15-10-17(2,12-16)14-18(11-15,13-16)19-7-5-3-4-6-8-20/h15,19-20H,3-14H2,1-2H3/t15-,16+,17-,18+. The summed E-state index contributed by atoms with van der Waals surface area (Å²) in [5.41, 5.74) is 1.72. The molecule has 4 atom stereocenters. The van der Waals surface area contributed by atoms with Crippen molar-refractivity contribution in [2.75, 3.05) is 13.2 Å². The van der Waals surface area contributed by atoms with Crippen molar-refractivity contribution in [3.05, 3.63) is 0 Å². The van der Waals surface area contributed by atoms with Gasteiger partial charge in [-0.2, -0.15) is 0 Å². The van der Waals surface area contributed by atoms with Crippen molar-refractivity contribution < 1.29 is 5.11 Å². The van der Waals surface area contributed by atoms with Crippen molar-refractivity contribution in [1.82, 2.24) is 5.32 Å². The van der Waals surface area contributed by atoms with E-state index in [1.54, 1.807) is 0 Å². The van der Waals surface area contributed by atoms with Crippen LogP contribution in [-0.2, 0) is 0 Å². The van der Waals surface area contributed by atoms with Gasteiger partial charge in [0.05, 0.1) is 0 Å². The molecule has 2 nitrogen and oxygen atoms in total. The lowest BCUT2D eigenvalue weighted by atomic mass is 9.43. The lowest BCUT2D eigenvalue weighted by Crippen LogP contribution is -2.64. The van der Waals surface area contributed by atoms with Crippen LogP contribution < -0.4 is 5.32 Å². The third-order valence-electron chi connectivity index (χ3n) is 6.21. The molecule has 2 heteroatoms.